The third kappa shape index (κ3) is 2.75. The zero-order valence-corrected chi connectivity index (χ0v) is 12.4. The van der Waals surface area contributed by atoms with Gasteiger partial charge in [-0.3, -0.25) is 4.90 Å². The zero-order valence-electron chi connectivity index (χ0n) is 12.4. The maximum atomic E-state index is 12.2. The van der Waals surface area contributed by atoms with Crippen molar-refractivity contribution in [3.8, 4) is 0 Å². The van der Waals surface area contributed by atoms with Crippen LogP contribution in [0.25, 0.3) is 0 Å². The highest BCUT2D eigenvalue weighted by atomic mass is 16.6. The van der Waals surface area contributed by atoms with Gasteiger partial charge in [0, 0.05) is 13.1 Å². The van der Waals surface area contributed by atoms with E-state index >= 15 is 0 Å². The summed E-state index contributed by atoms with van der Waals surface area (Å²) in [5.74, 6) is -0.580. The molecule has 2 aliphatic heterocycles. The van der Waals surface area contributed by atoms with Gasteiger partial charge in [0.05, 0.1) is 17.7 Å². The molecule has 0 radical (unpaired) electrons. The number of carbonyl (C=O) groups excluding carboxylic acids is 1. The van der Waals surface area contributed by atoms with Crippen molar-refractivity contribution in [1.82, 2.24) is 4.90 Å². The summed E-state index contributed by atoms with van der Waals surface area (Å²) in [5.41, 5.74) is 1.40. The van der Waals surface area contributed by atoms with Crippen LogP contribution in [0, 0.1) is 6.92 Å². The van der Waals surface area contributed by atoms with Gasteiger partial charge in [0.15, 0.2) is 6.10 Å². The van der Waals surface area contributed by atoms with E-state index in [2.05, 4.69) is 0 Å². The molecule has 6 heteroatoms. The van der Waals surface area contributed by atoms with Crippen LogP contribution >= 0.6 is 0 Å². The van der Waals surface area contributed by atoms with Crippen molar-refractivity contribution in [3.63, 3.8) is 0 Å². The normalized spacial score (nSPS) is 35.2. The van der Waals surface area contributed by atoms with Crippen LogP contribution in [0.5, 0.6) is 0 Å². The number of piperidine rings is 1. The SMILES string of the molecule is Cc1ccc(C(=O)O[C@H]2[C@H](O)[C@H]3[C@@H](O)CCN3C[C@@H]2O)cc1. The number of ether oxygens (including phenoxy) is 1. The lowest BCUT2D eigenvalue weighted by Crippen LogP contribution is -2.62. The maximum absolute atomic E-state index is 12.2. The molecule has 1 aromatic carbocycles. The van der Waals surface area contributed by atoms with Gasteiger partial charge in [-0.1, -0.05) is 17.7 Å². The molecule has 0 spiro atoms. The van der Waals surface area contributed by atoms with Gasteiger partial charge in [0.25, 0.3) is 0 Å². The molecule has 0 amide bonds. The molecule has 120 valence electrons. The summed E-state index contributed by atoms with van der Waals surface area (Å²) in [4.78, 5) is 14.0. The number of benzene rings is 1. The Morgan fingerprint density at radius 2 is 1.86 bits per heavy atom. The summed E-state index contributed by atoms with van der Waals surface area (Å²) >= 11 is 0. The number of aliphatic hydroxyl groups excluding tert-OH is 3. The predicted octanol–water partition coefficient (Wildman–Crippen LogP) is -0.309. The summed E-state index contributed by atoms with van der Waals surface area (Å²) in [5, 5.41) is 30.5. The fourth-order valence-corrected chi connectivity index (χ4v) is 3.31. The molecule has 2 heterocycles. The predicted molar refractivity (Wildman–Crippen MR) is 78.4 cm³/mol. The van der Waals surface area contributed by atoms with E-state index in [1.807, 2.05) is 11.8 Å². The Hall–Kier alpha value is -1.47. The second-order valence-corrected chi connectivity index (χ2v) is 6.14. The van der Waals surface area contributed by atoms with E-state index in [1.54, 1.807) is 24.3 Å². The van der Waals surface area contributed by atoms with E-state index < -0.39 is 36.4 Å². The minimum atomic E-state index is -1.10. The molecule has 2 fully saturated rings. The molecule has 5 atom stereocenters. The van der Waals surface area contributed by atoms with Crippen molar-refractivity contribution in [3.05, 3.63) is 35.4 Å². The molecule has 0 aromatic heterocycles. The summed E-state index contributed by atoms with van der Waals surface area (Å²) in [6.45, 7) is 2.82. The summed E-state index contributed by atoms with van der Waals surface area (Å²) in [7, 11) is 0. The van der Waals surface area contributed by atoms with E-state index in [4.69, 9.17) is 4.74 Å². The van der Waals surface area contributed by atoms with Crippen molar-refractivity contribution in [2.24, 2.45) is 0 Å². The van der Waals surface area contributed by atoms with Gasteiger partial charge in [-0.15, -0.1) is 0 Å². The number of nitrogens with zero attached hydrogens (tertiary/aromatic N) is 1. The smallest absolute Gasteiger partial charge is 0.338 e. The minimum absolute atomic E-state index is 0.282. The second-order valence-electron chi connectivity index (χ2n) is 6.14. The third-order valence-electron chi connectivity index (χ3n) is 4.55. The van der Waals surface area contributed by atoms with Crippen LogP contribution in [0.3, 0.4) is 0 Å². The first-order valence-electron chi connectivity index (χ1n) is 7.53. The van der Waals surface area contributed by atoms with E-state index in [0.29, 0.717) is 18.5 Å². The van der Waals surface area contributed by atoms with Crippen LogP contribution in [0.1, 0.15) is 22.3 Å². The maximum Gasteiger partial charge on any atom is 0.338 e. The molecule has 0 saturated carbocycles. The Morgan fingerprint density at radius 1 is 1.18 bits per heavy atom. The lowest BCUT2D eigenvalue weighted by Gasteiger charge is -2.42. The van der Waals surface area contributed by atoms with Crippen LogP contribution in [0.2, 0.25) is 0 Å². The molecule has 0 unspecified atom stereocenters. The molecule has 1 aromatic rings. The number of rotatable bonds is 2. The number of aryl methyl sites for hydroxylation is 1. The van der Waals surface area contributed by atoms with E-state index in [-0.39, 0.29) is 6.54 Å². The highest BCUT2D eigenvalue weighted by Gasteiger charge is 2.49. The highest BCUT2D eigenvalue weighted by molar-refractivity contribution is 5.89. The molecule has 0 bridgehead atoms. The molecule has 6 nitrogen and oxygen atoms in total. The molecule has 0 aliphatic carbocycles. The Kier molecular flexibility index (Phi) is 4.18. The van der Waals surface area contributed by atoms with Crippen LogP contribution < -0.4 is 0 Å². The summed E-state index contributed by atoms with van der Waals surface area (Å²) < 4.78 is 5.32. The second kappa shape index (κ2) is 5.96. The van der Waals surface area contributed by atoms with Gasteiger partial charge >= 0.3 is 5.97 Å². The highest BCUT2D eigenvalue weighted by Crippen LogP contribution is 2.30. The first kappa shape index (κ1) is 15.4. The Morgan fingerprint density at radius 3 is 2.55 bits per heavy atom. The van der Waals surface area contributed by atoms with Crippen molar-refractivity contribution in [1.29, 1.82) is 0 Å². The summed E-state index contributed by atoms with van der Waals surface area (Å²) in [6, 6.07) is 6.41. The number of fused-ring (bicyclic) bond motifs is 1. The van der Waals surface area contributed by atoms with E-state index in [0.717, 1.165) is 5.56 Å². The van der Waals surface area contributed by atoms with Crippen LogP contribution in [-0.4, -0.2) is 69.7 Å². The topological polar surface area (TPSA) is 90.2 Å². The average molecular weight is 307 g/mol. The van der Waals surface area contributed by atoms with Crippen molar-refractivity contribution < 1.29 is 24.9 Å². The van der Waals surface area contributed by atoms with Gasteiger partial charge in [-0.05, 0) is 25.5 Å². The van der Waals surface area contributed by atoms with Crippen molar-refractivity contribution >= 4 is 5.97 Å². The first-order valence-corrected chi connectivity index (χ1v) is 7.53. The van der Waals surface area contributed by atoms with Crippen LogP contribution in [-0.2, 0) is 4.74 Å². The largest absolute Gasteiger partial charge is 0.453 e. The standard InChI is InChI=1S/C16H21NO5/c1-9-2-4-10(5-3-9)16(21)22-15-12(19)8-17-7-6-11(18)13(17)14(15)20/h2-5,11-15,18-20H,6-8H2,1H3/t11-,12-,13+,14+,15+/m0/s1. The van der Waals surface area contributed by atoms with Gasteiger partial charge in [-0.25, -0.2) is 4.79 Å². The average Bonchev–Trinajstić information content (AvgIpc) is 2.85. The monoisotopic (exact) mass is 307 g/mol. The Labute approximate surface area is 128 Å². The number of hydrogen-bond donors (Lipinski definition) is 3. The minimum Gasteiger partial charge on any atom is -0.453 e. The van der Waals surface area contributed by atoms with E-state index in [9.17, 15) is 20.1 Å². The Balaban J connectivity index is 1.73. The number of carbonyl (C=O) groups is 1. The Bertz CT molecular complexity index is 546. The number of aliphatic hydroxyl groups is 3. The lowest BCUT2D eigenvalue weighted by atomic mass is 9.92. The van der Waals surface area contributed by atoms with Crippen LogP contribution in [0.15, 0.2) is 24.3 Å². The van der Waals surface area contributed by atoms with Crippen molar-refractivity contribution in [2.75, 3.05) is 13.1 Å². The number of esters is 1. The third-order valence-corrected chi connectivity index (χ3v) is 4.55. The number of hydrogen-bond acceptors (Lipinski definition) is 6. The summed E-state index contributed by atoms with van der Waals surface area (Å²) in [6.07, 6.45) is -3.21. The first-order chi connectivity index (χ1) is 10.5. The fraction of sp³-hybridized carbons (Fsp3) is 0.562. The molecule has 2 saturated heterocycles. The van der Waals surface area contributed by atoms with Gasteiger partial charge in [0.2, 0.25) is 0 Å². The molecule has 22 heavy (non-hydrogen) atoms. The van der Waals surface area contributed by atoms with E-state index in [1.165, 1.54) is 0 Å². The lowest BCUT2D eigenvalue weighted by molar-refractivity contribution is -0.144. The molecule has 3 rings (SSSR count). The zero-order chi connectivity index (χ0) is 15.9. The molecular formula is C16H21NO5. The molecule has 3 N–H and O–H groups in total. The van der Waals surface area contributed by atoms with Gasteiger partial charge in [0.1, 0.15) is 12.2 Å². The van der Waals surface area contributed by atoms with Gasteiger partial charge < -0.3 is 20.1 Å². The van der Waals surface area contributed by atoms with Crippen LogP contribution in [0.4, 0.5) is 0 Å². The fourth-order valence-electron chi connectivity index (χ4n) is 3.31. The molecular weight excluding hydrogens is 286 g/mol. The van der Waals surface area contributed by atoms with Crippen molar-refractivity contribution in [2.45, 2.75) is 43.8 Å². The molecule has 2 aliphatic rings. The van der Waals surface area contributed by atoms with Gasteiger partial charge in [-0.2, -0.15) is 0 Å². The quantitative estimate of drug-likeness (QED) is 0.650.